The van der Waals surface area contributed by atoms with Gasteiger partial charge in [0.15, 0.2) is 0 Å². The third-order valence-corrected chi connectivity index (χ3v) is 6.40. The third kappa shape index (κ3) is 6.97. The summed E-state index contributed by atoms with van der Waals surface area (Å²) in [4.78, 5) is 27.6. The lowest BCUT2D eigenvalue weighted by atomic mass is 10.1. The maximum atomic E-state index is 13.4. The molecule has 2 aromatic carbocycles. The Kier molecular flexibility index (Phi) is 9.09. The molecule has 0 bridgehead atoms. The number of benzene rings is 2. The number of anilines is 1. The molecule has 0 saturated heterocycles. The highest BCUT2D eigenvalue weighted by atomic mass is 35.5. The van der Waals surface area contributed by atoms with Crippen molar-refractivity contribution < 1.29 is 18.0 Å². The molecular weight excluding hydrogens is 450 g/mol. The normalized spacial score (nSPS) is 12.2. The Hall–Kier alpha value is -2.58. The van der Waals surface area contributed by atoms with Gasteiger partial charge in [0.1, 0.15) is 12.6 Å². The number of sulfonamides is 1. The minimum absolute atomic E-state index is 0.150. The number of likely N-dealkylation sites (N-methyl/N-ethyl adjacent to an activating group) is 1. The molecule has 0 saturated carbocycles. The van der Waals surface area contributed by atoms with Crippen LogP contribution in [0.15, 0.2) is 48.5 Å². The minimum Gasteiger partial charge on any atom is -0.355 e. The molecule has 2 amide bonds. The van der Waals surface area contributed by atoms with Crippen LogP contribution in [0.3, 0.4) is 0 Å². The van der Waals surface area contributed by atoms with E-state index in [9.17, 15) is 18.0 Å². The molecule has 32 heavy (non-hydrogen) atoms. The Morgan fingerprint density at radius 1 is 1.03 bits per heavy atom. The van der Waals surface area contributed by atoms with E-state index in [0.29, 0.717) is 23.7 Å². The van der Waals surface area contributed by atoms with Gasteiger partial charge in [0.05, 0.1) is 11.9 Å². The summed E-state index contributed by atoms with van der Waals surface area (Å²) in [7, 11) is -3.73. The first-order chi connectivity index (χ1) is 15.1. The first-order valence-corrected chi connectivity index (χ1v) is 12.7. The Labute approximate surface area is 195 Å². The van der Waals surface area contributed by atoms with Crippen molar-refractivity contribution in [1.29, 1.82) is 0 Å². The quantitative estimate of drug-likeness (QED) is 0.566. The summed E-state index contributed by atoms with van der Waals surface area (Å²) in [6.07, 6.45) is 1.44. The Morgan fingerprint density at radius 2 is 1.62 bits per heavy atom. The molecule has 0 aliphatic heterocycles. The van der Waals surface area contributed by atoms with Gasteiger partial charge in [0.25, 0.3) is 0 Å². The van der Waals surface area contributed by atoms with Crippen LogP contribution in [-0.2, 0) is 26.2 Å². The smallest absolute Gasteiger partial charge is 0.244 e. The van der Waals surface area contributed by atoms with E-state index in [4.69, 9.17) is 11.6 Å². The first kappa shape index (κ1) is 25.7. The van der Waals surface area contributed by atoms with E-state index < -0.39 is 28.5 Å². The van der Waals surface area contributed by atoms with Crippen molar-refractivity contribution in [2.75, 3.05) is 23.7 Å². The van der Waals surface area contributed by atoms with Crippen LogP contribution in [0, 0.1) is 6.92 Å². The zero-order chi connectivity index (χ0) is 23.9. The molecule has 1 atom stereocenters. The minimum atomic E-state index is -3.73. The van der Waals surface area contributed by atoms with E-state index in [0.717, 1.165) is 21.7 Å². The van der Waals surface area contributed by atoms with Crippen molar-refractivity contribution in [1.82, 2.24) is 10.2 Å². The Bertz CT molecular complexity index is 1020. The van der Waals surface area contributed by atoms with Crippen LogP contribution in [0.1, 0.15) is 31.4 Å². The highest BCUT2D eigenvalue weighted by Crippen LogP contribution is 2.20. The fraction of sp³-hybridized carbons (Fsp3) is 0.391. The van der Waals surface area contributed by atoms with Crippen molar-refractivity contribution in [2.45, 2.75) is 39.8 Å². The fourth-order valence-electron chi connectivity index (χ4n) is 3.32. The molecule has 0 aliphatic rings. The molecule has 174 valence electrons. The number of aryl methyl sites for hydroxylation is 1. The van der Waals surface area contributed by atoms with Crippen LogP contribution >= 0.6 is 11.6 Å². The molecule has 0 fully saturated rings. The van der Waals surface area contributed by atoms with Crippen LogP contribution in [0.2, 0.25) is 5.02 Å². The molecule has 0 unspecified atom stereocenters. The fourth-order valence-corrected chi connectivity index (χ4v) is 4.30. The maximum absolute atomic E-state index is 13.4. The summed E-state index contributed by atoms with van der Waals surface area (Å²) in [6.45, 7) is 5.68. The molecule has 0 aliphatic carbocycles. The standard InChI is InChI=1S/C23H30ClN3O4S/c1-5-21(23(29)25-6-2)26(15-18-9-11-19(24)12-10-18)22(28)16-27(32(4,30)31)20-13-7-17(3)8-14-20/h7-14,21H,5-6,15-16H2,1-4H3,(H,25,29)/t21-/m1/s1. The van der Waals surface area contributed by atoms with E-state index in [1.54, 1.807) is 55.5 Å². The average Bonchev–Trinajstić information content (AvgIpc) is 2.73. The molecule has 2 rings (SSSR count). The van der Waals surface area contributed by atoms with Gasteiger partial charge in [-0.15, -0.1) is 0 Å². The second-order valence-corrected chi connectivity index (χ2v) is 9.92. The topological polar surface area (TPSA) is 86.8 Å². The van der Waals surface area contributed by atoms with E-state index in [1.807, 2.05) is 13.8 Å². The average molecular weight is 480 g/mol. The van der Waals surface area contributed by atoms with Crippen molar-refractivity contribution in [2.24, 2.45) is 0 Å². The van der Waals surface area contributed by atoms with E-state index >= 15 is 0 Å². The predicted molar refractivity (Wildman–Crippen MR) is 128 cm³/mol. The van der Waals surface area contributed by atoms with Gasteiger partial charge in [-0.3, -0.25) is 13.9 Å². The number of nitrogens with zero attached hydrogens (tertiary/aromatic N) is 2. The summed E-state index contributed by atoms with van der Waals surface area (Å²) in [5.74, 6) is -0.748. The number of carbonyl (C=O) groups excluding carboxylic acids is 2. The molecule has 0 radical (unpaired) electrons. The molecule has 9 heteroatoms. The Balaban J connectivity index is 2.40. The molecule has 0 aromatic heterocycles. The van der Waals surface area contributed by atoms with Gasteiger partial charge in [-0.25, -0.2) is 8.42 Å². The summed E-state index contributed by atoms with van der Waals surface area (Å²) >= 11 is 5.97. The molecule has 2 aromatic rings. The predicted octanol–water partition coefficient (Wildman–Crippen LogP) is 3.36. The number of hydrogen-bond acceptors (Lipinski definition) is 4. The Morgan fingerprint density at radius 3 is 2.12 bits per heavy atom. The second-order valence-electron chi connectivity index (χ2n) is 7.57. The zero-order valence-electron chi connectivity index (χ0n) is 18.8. The third-order valence-electron chi connectivity index (χ3n) is 5.00. The molecular formula is C23H30ClN3O4S. The van der Waals surface area contributed by atoms with Crippen LogP contribution in [0.5, 0.6) is 0 Å². The second kappa shape index (κ2) is 11.3. The number of nitrogens with one attached hydrogen (secondary N) is 1. The van der Waals surface area contributed by atoms with E-state index in [1.165, 1.54) is 4.90 Å². The van der Waals surface area contributed by atoms with Crippen molar-refractivity contribution in [3.8, 4) is 0 Å². The number of halogens is 1. The lowest BCUT2D eigenvalue weighted by Crippen LogP contribution is -2.52. The van der Waals surface area contributed by atoms with Crippen LogP contribution in [0.25, 0.3) is 0 Å². The number of amides is 2. The van der Waals surface area contributed by atoms with Crippen LogP contribution in [0.4, 0.5) is 5.69 Å². The first-order valence-electron chi connectivity index (χ1n) is 10.4. The highest BCUT2D eigenvalue weighted by Gasteiger charge is 2.31. The molecule has 0 heterocycles. The van der Waals surface area contributed by atoms with E-state index in [-0.39, 0.29) is 12.5 Å². The van der Waals surface area contributed by atoms with Crippen LogP contribution < -0.4 is 9.62 Å². The summed E-state index contributed by atoms with van der Waals surface area (Å²) in [5, 5.41) is 3.32. The SMILES string of the molecule is CCNC(=O)[C@@H](CC)N(Cc1ccc(Cl)cc1)C(=O)CN(c1ccc(C)cc1)S(C)(=O)=O. The monoisotopic (exact) mass is 479 g/mol. The highest BCUT2D eigenvalue weighted by molar-refractivity contribution is 7.92. The number of rotatable bonds is 10. The zero-order valence-corrected chi connectivity index (χ0v) is 20.4. The van der Waals surface area contributed by atoms with Crippen molar-refractivity contribution in [3.63, 3.8) is 0 Å². The van der Waals surface area contributed by atoms with Gasteiger partial charge in [0, 0.05) is 18.1 Å². The van der Waals surface area contributed by atoms with Gasteiger partial charge >= 0.3 is 0 Å². The summed E-state index contributed by atoms with van der Waals surface area (Å²) in [5.41, 5.74) is 2.15. The van der Waals surface area contributed by atoms with Gasteiger partial charge in [0.2, 0.25) is 21.8 Å². The van der Waals surface area contributed by atoms with E-state index in [2.05, 4.69) is 5.32 Å². The largest absolute Gasteiger partial charge is 0.355 e. The van der Waals surface area contributed by atoms with Crippen LogP contribution in [-0.4, -0.2) is 50.5 Å². The van der Waals surface area contributed by atoms with Gasteiger partial charge in [-0.05, 0) is 50.1 Å². The lowest BCUT2D eigenvalue weighted by molar-refractivity contribution is -0.140. The van der Waals surface area contributed by atoms with Crippen molar-refractivity contribution in [3.05, 3.63) is 64.7 Å². The molecule has 1 N–H and O–H groups in total. The number of carbonyl (C=O) groups is 2. The van der Waals surface area contributed by atoms with Crippen molar-refractivity contribution >= 4 is 39.1 Å². The molecule has 0 spiro atoms. The van der Waals surface area contributed by atoms with Gasteiger partial charge in [-0.1, -0.05) is 48.4 Å². The summed E-state index contributed by atoms with van der Waals surface area (Å²) < 4.78 is 26.1. The summed E-state index contributed by atoms with van der Waals surface area (Å²) in [6, 6.07) is 13.1. The molecule has 7 nitrogen and oxygen atoms in total. The van der Waals surface area contributed by atoms with Gasteiger partial charge < -0.3 is 10.2 Å². The maximum Gasteiger partial charge on any atom is 0.244 e. The van der Waals surface area contributed by atoms with Gasteiger partial charge in [-0.2, -0.15) is 0 Å². The lowest BCUT2D eigenvalue weighted by Gasteiger charge is -2.32. The number of hydrogen-bond donors (Lipinski definition) is 1.